The van der Waals surface area contributed by atoms with Gasteiger partial charge in [-0.3, -0.25) is 10.1 Å². The molecule has 1 aromatic rings. The first-order valence-corrected chi connectivity index (χ1v) is 5.45. The van der Waals surface area contributed by atoms with Crippen LogP contribution in [0.4, 0.5) is 24.5 Å². The van der Waals surface area contributed by atoms with Crippen LogP contribution >= 0.6 is 0 Å². The van der Waals surface area contributed by atoms with Gasteiger partial charge in [0.15, 0.2) is 0 Å². The first kappa shape index (κ1) is 12.7. The van der Waals surface area contributed by atoms with Gasteiger partial charge in [0.25, 0.3) is 11.6 Å². The Morgan fingerprint density at radius 3 is 2.39 bits per heavy atom. The van der Waals surface area contributed by atoms with Crippen LogP contribution in [0.25, 0.3) is 0 Å². The molecule has 0 amide bonds. The van der Waals surface area contributed by atoms with E-state index in [-0.39, 0.29) is 37.3 Å². The first-order valence-electron chi connectivity index (χ1n) is 5.45. The summed E-state index contributed by atoms with van der Waals surface area (Å²) >= 11 is 0. The molecule has 0 atom stereocenters. The Labute approximate surface area is 101 Å². The van der Waals surface area contributed by atoms with Crippen molar-refractivity contribution < 1.29 is 18.1 Å². The molecule has 0 radical (unpaired) electrons. The van der Waals surface area contributed by atoms with Crippen molar-refractivity contribution in [2.45, 2.75) is 18.8 Å². The van der Waals surface area contributed by atoms with Crippen LogP contribution in [-0.2, 0) is 0 Å². The molecule has 0 aliphatic carbocycles. The average Bonchev–Trinajstić information content (AvgIpc) is 2.28. The quantitative estimate of drug-likeness (QED) is 0.606. The molecule has 0 spiro atoms. The number of nitro benzene ring substituents is 1. The van der Waals surface area contributed by atoms with Gasteiger partial charge in [-0.2, -0.15) is 0 Å². The Balaban J connectivity index is 2.21. The second kappa shape index (κ2) is 4.47. The maximum Gasteiger partial charge on any atom is 0.274 e. The van der Waals surface area contributed by atoms with E-state index >= 15 is 0 Å². The third kappa shape index (κ3) is 2.72. The lowest BCUT2D eigenvalue weighted by atomic mass is 10.1. The summed E-state index contributed by atoms with van der Waals surface area (Å²) in [6, 6.07) is 3.13. The van der Waals surface area contributed by atoms with E-state index in [1.807, 2.05) is 0 Å². The molecule has 1 aliphatic rings. The van der Waals surface area contributed by atoms with Crippen LogP contribution in [-0.4, -0.2) is 23.9 Å². The number of piperidine rings is 1. The molecule has 1 heterocycles. The highest BCUT2D eigenvalue weighted by Gasteiger charge is 2.34. The zero-order valence-corrected chi connectivity index (χ0v) is 9.41. The van der Waals surface area contributed by atoms with Gasteiger partial charge in [-0.25, -0.2) is 13.2 Å². The zero-order chi connectivity index (χ0) is 13.3. The van der Waals surface area contributed by atoms with Crippen LogP contribution in [0, 0.1) is 15.9 Å². The Bertz CT molecular complexity index is 469. The maximum absolute atomic E-state index is 13.2. The third-order valence-electron chi connectivity index (χ3n) is 2.94. The molecule has 0 aromatic heterocycles. The summed E-state index contributed by atoms with van der Waals surface area (Å²) in [5.41, 5.74) is -0.0977. The van der Waals surface area contributed by atoms with Gasteiger partial charge in [-0.15, -0.1) is 0 Å². The monoisotopic (exact) mass is 260 g/mol. The number of halogens is 3. The molecule has 1 saturated heterocycles. The Hall–Kier alpha value is -1.79. The first-order chi connectivity index (χ1) is 8.37. The van der Waals surface area contributed by atoms with Crippen molar-refractivity contribution in [3.8, 4) is 0 Å². The van der Waals surface area contributed by atoms with Crippen molar-refractivity contribution in [2.24, 2.45) is 0 Å². The van der Waals surface area contributed by atoms with Gasteiger partial charge >= 0.3 is 0 Å². The number of benzene rings is 1. The molecule has 1 aromatic carbocycles. The number of rotatable bonds is 2. The van der Waals surface area contributed by atoms with E-state index < -0.39 is 16.7 Å². The average molecular weight is 260 g/mol. The van der Waals surface area contributed by atoms with Gasteiger partial charge in [0, 0.05) is 37.7 Å². The lowest BCUT2D eigenvalue weighted by Gasteiger charge is -2.33. The van der Waals surface area contributed by atoms with Crippen LogP contribution in [0.5, 0.6) is 0 Å². The number of anilines is 1. The van der Waals surface area contributed by atoms with Crippen LogP contribution in [0.15, 0.2) is 18.2 Å². The SMILES string of the molecule is O=[N+]([O-])c1cc(F)cc(N2CCC(F)(F)CC2)c1. The number of alkyl halides is 2. The smallest absolute Gasteiger partial charge is 0.274 e. The number of hydrogen-bond donors (Lipinski definition) is 0. The molecule has 0 unspecified atom stereocenters. The van der Waals surface area contributed by atoms with Crippen molar-refractivity contribution in [3.63, 3.8) is 0 Å². The van der Waals surface area contributed by atoms with Crippen LogP contribution in [0.2, 0.25) is 0 Å². The van der Waals surface area contributed by atoms with E-state index in [1.165, 1.54) is 11.0 Å². The lowest BCUT2D eigenvalue weighted by molar-refractivity contribution is -0.385. The molecule has 18 heavy (non-hydrogen) atoms. The molecule has 4 nitrogen and oxygen atoms in total. The van der Waals surface area contributed by atoms with Crippen molar-refractivity contribution in [1.82, 2.24) is 0 Å². The lowest BCUT2D eigenvalue weighted by Crippen LogP contribution is -2.39. The summed E-state index contributed by atoms with van der Waals surface area (Å²) < 4.78 is 39.2. The Morgan fingerprint density at radius 1 is 1.22 bits per heavy atom. The van der Waals surface area contributed by atoms with Crippen molar-refractivity contribution in [3.05, 3.63) is 34.1 Å². The minimum absolute atomic E-state index is 0.0631. The third-order valence-corrected chi connectivity index (χ3v) is 2.94. The van der Waals surface area contributed by atoms with E-state index in [2.05, 4.69) is 0 Å². The summed E-state index contributed by atoms with van der Waals surface area (Å²) in [6.45, 7) is 0.126. The molecule has 1 aliphatic heterocycles. The molecule has 7 heteroatoms. The van der Waals surface area contributed by atoms with E-state index in [0.717, 1.165) is 12.1 Å². The van der Waals surface area contributed by atoms with Crippen LogP contribution in [0.1, 0.15) is 12.8 Å². The van der Waals surface area contributed by atoms with Crippen molar-refractivity contribution >= 4 is 11.4 Å². The van der Waals surface area contributed by atoms with Crippen molar-refractivity contribution in [1.29, 1.82) is 0 Å². The summed E-state index contributed by atoms with van der Waals surface area (Å²) in [6.07, 6.45) is -0.644. The van der Waals surface area contributed by atoms with E-state index in [9.17, 15) is 23.3 Å². The van der Waals surface area contributed by atoms with Crippen LogP contribution in [0.3, 0.4) is 0 Å². The fourth-order valence-corrected chi connectivity index (χ4v) is 1.94. The highest BCUT2D eigenvalue weighted by Crippen LogP contribution is 2.32. The largest absolute Gasteiger partial charge is 0.371 e. The minimum atomic E-state index is -2.70. The molecule has 0 saturated carbocycles. The van der Waals surface area contributed by atoms with Gasteiger partial charge < -0.3 is 4.90 Å². The van der Waals surface area contributed by atoms with Gasteiger partial charge in [-0.1, -0.05) is 0 Å². The number of nitrogens with zero attached hydrogens (tertiary/aromatic N) is 2. The molecular formula is C11H11F3N2O2. The number of non-ortho nitro benzene ring substituents is 1. The fourth-order valence-electron chi connectivity index (χ4n) is 1.94. The maximum atomic E-state index is 13.2. The second-order valence-electron chi connectivity index (χ2n) is 4.27. The highest BCUT2D eigenvalue weighted by molar-refractivity contribution is 5.54. The minimum Gasteiger partial charge on any atom is -0.371 e. The standard InChI is InChI=1S/C11H11F3N2O2/c12-8-5-9(7-10(6-8)16(17)18)15-3-1-11(13,14)2-4-15/h5-7H,1-4H2. The Morgan fingerprint density at radius 2 is 1.83 bits per heavy atom. The summed E-state index contributed by atoms with van der Waals surface area (Å²) in [4.78, 5) is 11.4. The highest BCUT2D eigenvalue weighted by atomic mass is 19.3. The fraction of sp³-hybridized carbons (Fsp3) is 0.455. The predicted octanol–water partition coefficient (Wildman–Crippen LogP) is 2.97. The van der Waals surface area contributed by atoms with Gasteiger partial charge in [0.2, 0.25) is 0 Å². The van der Waals surface area contributed by atoms with E-state index in [1.54, 1.807) is 0 Å². The molecule has 98 valence electrons. The topological polar surface area (TPSA) is 46.4 Å². The second-order valence-corrected chi connectivity index (χ2v) is 4.27. The van der Waals surface area contributed by atoms with Gasteiger partial charge in [0.05, 0.1) is 11.0 Å². The predicted molar refractivity (Wildman–Crippen MR) is 59.4 cm³/mol. The summed E-state index contributed by atoms with van der Waals surface area (Å²) in [5, 5.41) is 10.6. The molecule has 1 fully saturated rings. The molecular weight excluding hydrogens is 249 g/mol. The Kier molecular flexibility index (Phi) is 3.14. The van der Waals surface area contributed by atoms with Gasteiger partial charge in [0.1, 0.15) is 5.82 Å². The molecule has 0 bridgehead atoms. The van der Waals surface area contributed by atoms with Crippen molar-refractivity contribution in [2.75, 3.05) is 18.0 Å². The number of hydrogen-bond acceptors (Lipinski definition) is 3. The normalized spacial score (nSPS) is 18.7. The molecule has 2 rings (SSSR count). The number of nitro groups is 1. The zero-order valence-electron chi connectivity index (χ0n) is 9.41. The summed E-state index contributed by atoms with van der Waals surface area (Å²) in [5.74, 6) is -3.44. The van der Waals surface area contributed by atoms with E-state index in [4.69, 9.17) is 0 Å². The van der Waals surface area contributed by atoms with E-state index in [0.29, 0.717) is 0 Å². The van der Waals surface area contributed by atoms with Gasteiger partial charge in [-0.05, 0) is 6.07 Å². The van der Waals surface area contributed by atoms with Crippen LogP contribution < -0.4 is 4.90 Å². The molecule has 0 N–H and O–H groups in total. The summed E-state index contributed by atoms with van der Waals surface area (Å²) in [7, 11) is 0.